The molecule has 3 saturated carbocycles. The highest BCUT2D eigenvalue weighted by atomic mass is 16.6. The highest BCUT2D eigenvalue weighted by Gasteiger charge is 2.71. The summed E-state index contributed by atoms with van der Waals surface area (Å²) < 4.78 is 6.12. The fraction of sp³-hybridized carbons (Fsp3) is 1.00. The number of hydrogen-bond acceptors (Lipinski definition) is 2. The quantitative estimate of drug-likeness (QED) is 0.613. The monoisotopic (exact) mass is 180 g/mol. The summed E-state index contributed by atoms with van der Waals surface area (Å²) in [4.78, 5) is 0. The van der Waals surface area contributed by atoms with Crippen molar-refractivity contribution in [3.8, 4) is 0 Å². The van der Waals surface area contributed by atoms with E-state index in [2.05, 4.69) is 0 Å². The number of ether oxygens (including phenoxy) is 1. The molecule has 0 aromatic heterocycles. The average molecular weight is 180 g/mol. The van der Waals surface area contributed by atoms with Crippen molar-refractivity contribution in [2.75, 3.05) is 0 Å². The lowest BCUT2D eigenvalue weighted by Crippen LogP contribution is -2.39. The van der Waals surface area contributed by atoms with Crippen LogP contribution in [0.5, 0.6) is 0 Å². The molecule has 2 heteroatoms. The van der Waals surface area contributed by atoms with Gasteiger partial charge in [0.25, 0.3) is 0 Å². The fourth-order valence-electron chi connectivity index (χ4n) is 3.40. The zero-order valence-corrected chi connectivity index (χ0v) is 7.88. The zero-order chi connectivity index (χ0) is 8.73. The first-order valence-corrected chi connectivity index (χ1v) is 5.55. The van der Waals surface area contributed by atoms with Crippen LogP contribution in [0.2, 0.25) is 0 Å². The zero-order valence-electron chi connectivity index (χ0n) is 7.88. The van der Waals surface area contributed by atoms with E-state index in [0.29, 0.717) is 5.41 Å². The molecule has 2 nitrogen and oxygen atoms in total. The Morgan fingerprint density at radius 3 is 2.23 bits per heavy atom. The molecule has 2 atom stereocenters. The van der Waals surface area contributed by atoms with Crippen molar-refractivity contribution in [2.45, 2.75) is 62.3 Å². The van der Waals surface area contributed by atoms with Crippen LogP contribution in [0.3, 0.4) is 0 Å². The molecular weight excluding hydrogens is 164 g/mol. The summed E-state index contributed by atoms with van der Waals surface area (Å²) in [6.45, 7) is 0. The van der Waals surface area contributed by atoms with Gasteiger partial charge in [0.15, 0.2) is 0 Å². The number of rotatable bonds is 0. The van der Waals surface area contributed by atoms with Crippen LogP contribution in [0.1, 0.15) is 44.9 Å². The first-order valence-electron chi connectivity index (χ1n) is 5.55. The van der Waals surface area contributed by atoms with Gasteiger partial charge in [-0.1, -0.05) is 0 Å². The largest absolute Gasteiger partial charge is 0.390 e. The van der Waals surface area contributed by atoms with Crippen LogP contribution in [0.15, 0.2) is 0 Å². The fourth-order valence-corrected chi connectivity index (χ4v) is 3.40. The van der Waals surface area contributed by atoms with Crippen LogP contribution in [0, 0.1) is 5.41 Å². The second-order valence-corrected chi connectivity index (χ2v) is 5.92. The maximum absolute atomic E-state index is 9.64. The Balaban J connectivity index is 1.68. The molecule has 13 heavy (non-hydrogen) atoms. The first kappa shape index (κ1) is 7.24. The number of aliphatic hydroxyl groups excluding tert-OH is 1. The van der Waals surface area contributed by atoms with Crippen molar-refractivity contribution < 1.29 is 9.84 Å². The minimum absolute atomic E-state index is 0.0642. The molecule has 0 aromatic rings. The van der Waals surface area contributed by atoms with Gasteiger partial charge >= 0.3 is 0 Å². The maximum atomic E-state index is 9.64. The van der Waals surface area contributed by atoms with E-state index >= 15 is 0 Å². The first-order chi connectivity index (χ1) is 6.16. The highest BCUT2D eigenvalue weighted by Crippen LogP contribution is 2.70. The summed E-state index contributed by atoms with van der Waals surface area (Å²) >= 11 is 0. The van der Waals surface area contributed by atoms with E-state index in [1.807, 2.05) is 0 Å². The molecule has 1 saturated heterocycles. The van der Waals surface area contributed by atoms with Crippen molar-refractivity contribution in [3.63, 3.8) is 0 Å². The summed E-state index contributed by atoms with van der Waals surface area (Å²) in [5, 5.41) is 9.64. The van der Waals surface area contributed by atoms with E-state index in [-0.39, 0.29) is 17.3 Å². The maximum Gasteiger partial charge on any atom is 0.0979 e. The number of hydrogen-bond donors (Lipinski definition) is 1. The Bertz CT molecular complexity index is 256. The Hall–Kier alpha value is -0.0800. The summed E-state index contributed by atoms with van der Waals surface area (Å²) in [6, 6.07) is 0. The Morgan fingerprint density at radius 1 is 1.08 bits per heavy atom. The van der Waals surface area contributed by atoms with E-state index < -0.39 is 0 Å². The molecule has 3 aliphatic carbocycles. The average Bonchev–Trinajstić information content (AvgIpc) is 2.96. The van der Waals surface area contributed by atoms with Gasteiger partial charge in [-0.05, 0) is 43.9 Å². The Labute approximate surface area is 78.3 Å². The molecule has 4 fully saturated rings. The standard InChI is InChI=1S/C11H16O2/c12-8-5-11(8)7-9(1-2-9)6-10(13-11)3-4-10/h8,12H,1-7H2/t8-,11?/m1/s1. The molecule has 1 unspecified atom stereocenters. The van der Waals surface area contributed by atoms with Gasteiger partial charge in [-0.2, -0.15) is 0 Å². The SMILES string of the molecule is O[C@@H]1CC12CC1(CC1)CC1(CC1)O2. The van der Waals surface area contributed by atoms with Crippen molar-refractivity contribution in [2.24, 2.45) is 5.41 Å². The normalized spacial score (nSPS) is 52.8. The molecule has 0 aromatic carbocycles. The minimum atomic E-state index is -0.136. The molecule has 72 valence electrons. The van der Waals surface area contributed by atoms with Gasteiger partial charge in [0.2, 0.25) is 0 Å². The molecule has 3 spiro atoms. The van der Waals surface area contributed by atoms with Gasteiger partial charge in [-0.25, -0.2) is 0 Å². The van der Waals surface area contributed by atoms with E-state index in [1.165, 1.54) is 32.1 Å². The van der Waals surface area contributed by atoms with Gasteiger partial charge in [0, 0.05) is 6.42 Å². The van der Waals surface area contributed by atoms with Gasteiger partial charge in [0.05, 0.1) is 17.3 Å². The van der Waals surface area contributed by atoms with E-state index in [1.54, 1.807) is 0 Å². The lowest BCUT2D eigenvalue weighted by Gasteiger charge is -2.37. The summed E-state index contributed by atoms with van der Waals surface area (Å²) in [6.07, 6.45) is 8.53. The van der Waals surface area contributed by atoms with Crippen LogP contribution in [0.4, 0.5) is 0 Å². The molecule has 0 bridgehead atoms. The third kappa shape index (κ3) is 0.861. The van der Waals surface area contributed by atoms with E-state index in [4.69, 9.17) is 4.74 Å². The third-order valence-corrected chi connectivity index (χ3v) is 4.54. The molecule has 4 rings (SSSR count). The van der Waals surface area contributed by atoms with Gasteiger partial charge in [-0.15, -0.1) is 0 Å². The number of aliphatic hydroxyl groups is 1. The van der Waals surface area contributed by atoms with Crippen LogP contribution < -0.4 is 0 Å². The molecule has 4 aliphatic rings. The summed E-state index contributed by atoms with van der Waals surface area (Å²) in [7, 11) is 0. The second kappa shape index (κ2) is 1.70. The van der Waals surface area contributed by atoms with Crippen LogP contribution in [0.25, 0.3) is 0 Å². The van der Waals surface area contributed by atoms with E-state index in [0.717, 1.165) is 12.8 Å². The summed E-state index contributed by atoms with van der Waals surface area (Å²) in [5.41, 5.74) is 0.795. The van der Waals surface area contributed by atoms with Crippen LogP contribution in [-0.4, -0.2) is 22.4 Å². The molecule has 0 amide bonds. The molecule has 1 N–H and O–H groups in total. The smallest absolute Gasteiger partial charge is 0.0979 e. The van der Waals surface area contributed by atoms with E-state index in [9.17, 15) is 5.11 Å². The van der Waals surface area contributed by atoms with Gasteiger partial charge < -0.3 is 9.84 Å². The van der Waals surface area contributed by atoms with Gasteiger partial charge in [-0.3, -0.25) is 0 Å². The minimum Gasteiger partial charge on any atom is -0.390 e. The van der Waals surface area contributed by atoms with Crippen molar-refractivity contribution in [3.05, 3.63) is 0 Å². The highest BCUT2D eigenvalue weighted by molar-refractivity contribution is 5.21. The summed E-state index contributed by atoms with van der Waals surface area (Å²) in [5.74, 6) is 0. The lowest BCUT2D eigenvalue weighted by molar-refractivity contribution is -0.127. The molecule has 0 radical (unpaired) electrons. The predicted octanol–water partition coefficient (Wildman–Crippen LogP) is 1.61. The van der Waals surface area contributed by atoms with Gasteiger partial charge in [0.1, 0.15) is 0 Å². The molecule has 1 heterocycles. The lowest BCUT2D eigenvalue weighted by atomic mass is 9.86. The van der Waals surface area contributed by atoms with Crippen LogP contribution >= 0.6 is 0 Å². The third-order valence-electron chi connectivity index (χ3n) is 4.54. The topological polar surface area (TPSA) is 29.5 Å². The predicted molar refractivity (Wildman–Crippen MR) is 47.3 cm³/mol. The molecular formula is C11H16O2. The molecule has 1 aliphatic heterocycles. The van der Waals surface area contributed by atoms with Crippen LogP contribution in [-0.2, 0) is 4.74 Å². The van der Waals surface area contributed by atoms with Crippen molar-refractivity contribution in [1.82, 2.24) is 0 Å². The second-order valence-electron chi connectivity index (χ2n) is 5.92. The Kier molecular flexibility index (Phi) is 0.947. The van der Waals surface area contributed by atoms with Crippen molar-refractivity contribution >= 4 is 0 Å². The Morgan fingerprint density at radius 2 is 1.77 bits per heavy atom. The van der Waals surface area contributed by atoms with Crippen molar-refractivity contribution in [1.29, 1.82) is 0 Å².